The fourth-order valence-corrected chi connectivity index (χ4v) is 2.30. The number of hydrogen-bond acceptors (Lipinski definition) is 4. The van der Waals surface area contributed by atoms with Crippen LogP contribution in [0.5, 0.6) is 5.75 Å². The van der Waals surface area contributed by atoms with Gasteiger partial charge in [-0.3, -0.25) is 4.79 Å². The Balaban J connectivity index is 1.85. The van der Waals surface area contributed by atoms with Crippen molar-refractivity contribution in [1.29, 1.82) is 0 Å². The summed E-state index contributed by atoms with van der Waals surface area (Å²) in [5.41, 5.74) is 0.617. The Morgan fingerprint density at radius 3 is 2.77 bits per heavy atom. The highest BCUT2D eigenvalue weighted by Gasteiger charge is 2.48. The van der Waals surface area contributed by atoms with Crippen molar-refractivity contribution in [3.63, 3.8) is 0 Å². The summed E-state index contributed by atoms with van der Waals surface area (Å²) in [4.78, 5) is 22.7. The van der Waals surface area contributed by atoms with Crippen molar-refractivity contribution in [3.05, 3.63) is 29.8 Å². The van der Waals surface area contributed by atoms with Crippen molar-refractivity contribution < 1.29 is 24.2 Å². The van der Waals surface area contributed by atoms with Gasteiger partial charge in [-0.25, -0.2) is 4.79 Å². The Morgan fingerprint density at radius 2 is 2.14 bits per heavy atom. The van der Waals surface area contributed by atoms with Gasteiger partial charge in [0.15, 0.2) is 6.61 Å². The number of methoxy groups -OCH3 is 1. The first kappa shape index (κ1) is 16.3. The van der Waals surface area contributed by atoms with Crippen LogP contribution in [-0.4, -0.2) is 37.3 Å². The zero-order chi connectivity index (χ0) is 16.0. The maximum atomic E-state index is 12.2. The summed E-state index contributed by atoms with van der Waals surface area (Å²) in [5.74, 6) is -0.483. The van der Waals surface area contributed by atoms with Gasteiger partial charge in [0.05, 0.1) is 5.41 Å². The third-order valence-electron chi connectivity index (χ3n) is 3.83. The van der Waals surface area contributed by atoms with E-state index in [4.69, 9.17) is 14.6 Å². The predicted octanol–water partition coefficient (Wildman–Crippen LogP) is 1.58. The molecule has 1 aliphatic carbocycles. The molecular formula is C16H21NO5. The molecule has 1 aliphatic rings. The number of nitrogens with one attached hydrogen (secondary N) is 1. The van der Waals surface area contributed by atoms with Crippen molar-refractivity contribution in [1.82, 2.24) is 5.32 Å². The second-order valence-electron chi connectivity index (χ2n) is 5.54. The SMILES string of the molecule is COCCC1(C(=O)NCc2cccc(OCC(=O)O)c2)CC1. The van der Waals surface area contributed by atoms with Crippen LogP contribution < -0.4 is 10.1 Å². The van der Waals surface area contributed by atoms with Crippen LogP contribution in [0, 0.1) is 5.41 Å². The van der Waals surface area contributed by atoms with Gasteiger partial charge in [-0.15, -0.1) is 0 Å². The Labute approximate surface area is 129 Å². The molecule has 1 aromatic rings. The Morgan fingerprint density at radius 1 is 1.36 bits per heavy atom. The average molecular weight is 307 g/mol. The molecule has 1 fully saturated rings. The molecule has 22 heavy (non-hydrogen) atoms. The summed E-state index contributed by atoms with van der Waals surface area (Å²) in [6.07, 6.45) is 2.56. The minimum atomic E-state index is -1.02. The second-order valence-corrected chi connectivity index (χ2v) is 5.54. The first-order valence-corrected chi connectivity index (χ1v) is 7.26. The van der Waals surface area contributed by atoms with Crippen LogP contribution in [0.4, 0.5) is 0 Å². The van der Waals surface area contributed by atoms with Crippen molar-refractivity contribution in [3.8, 4) is 5.75 Å². The molecule has 1 amide bonds. The zero-order valence-corrected chi connectivity index (χ0v) is 12.6. The van der Waals surface area contributed by atoms with E-state index < -0.39 is 5.97 Å². The van der Waals surface area contributed by atoms with Crippen LogP contribution in [0.2, 0.25) is 0 Å². The van der Waals surface area contributed by atoms with Crippen molar-refractivity contribution in [2.45, 2.75) is 25.8 Å². The lowest BCUT2D eigenvalue weighted by Gasteiger charge is -2.15. The minimum absolute atomic E-state index is 0.0569. The van der Waals surface area contributed by atoms with Gasteiger partial charge in [-0.2, -0.15) is 0 Å². The van der Waals surface area contributed by atoms with E-state index in [1.165, 1.54) is 0 Å². The molecule has 2 N–H and O–H groups in total. The predicted molar refractivity (Wildman–Crippen MR) is 79.6 cm³/mol. The number of ether oxygens (including phenoxy) is 2. The third-order valence-corrected chi connectivity index (χ3v) is 3.83. The number of aliphatic carboxylic acids is 1. The van der Waals surface area contributed by atoms with Crippen LogP contribution in [0.15, 0.2) is 24.3 Å². The van der Waals surface area contributed by atoms with Crippen LogP contribution in [0.3, 0.4) is 0 Å². The van der Waals surface area contributed by atoms with E-state index in [2.05, 4.69) is 5.32 Å². The van der Waals surface area contributed by atoms with Gasteiger partial charge in [0.2, 0.25) is 5.91 Å². The molecule has 0 unspecified atom stereocenters. The molecule has 6 nitrogen and oxygen atoms in total. The molecule has 0 heterocycles. The maximum Gasteiger partial charge on any atom is 0.341 e. The first-order valence-electron chi connectivity index (χ1n) is 7.26. The number of amides is 1. The van der Waals surface area contributed by atoms with Crippen molar-refractivity contribution in [2.24, 2.45) is 5.41 Å². The van der Waals surface area contributed by atoms with Crippen LogP contribution in [-0.2, 0) is 20.9 Å². The second kappa shape index (κ2) is 7.26. The summed E-state index contributed by atoms with van der Waals surface area (Å²) in [6.45, 7) is 0.611. The van der Waals surface area contributed by atoms with Gasteiger partial charge in [0.1, 0.15) is 5.75 Å². The molecule has 0 aromatic heterocycles. The lowest BCUT2D eigenvalue weighted by molar-refractivity contribution is -0.139. The van der Waals surface area contributed by atoms with Gasteiger partial charge in [0, 0.05) is 20.3 Å². The van der Waals surface area contributed by atoms with E-state index in [0.29, 0.717) is 18.9 Å². The van der Waals surface area contributed by atoms with Crippen molar-refractivity contribution >= 4 is 11.9 Å². The lowest BCUT2D eigenvalue weighted by Crippen LogP contribution is -2.32. The van der Waals surface area contributed by atoms with Gasteiger partial charge in [0.25, 0.3) is 0 Å². The first-order chi connectivity index (χ1) is 10.6. The van der Waals surface area contributed by atoms with Gasteiger partial charge in [-0.05, 0) is 37.0 Å². The van der Waals surface area contributed by atoms with Crippen molar-refractivity contribution in [2.75, 3.05) is 20.3 Å². The van der Waals surface area contributed by atoms with Crippen LogP contribution in [0.25, 0.3) is 0 Å². The molecule has 120 valence electrons. The molecule has 0 bridgehead atoms. The lowest BCUT2D eigenvalue weighted by atomic mass is 10.0. The summed E-state index contributed by atoms with van der Waals surface area (Å²) in [5, 5.41) is 11.5. The summed E-state index contributed by atoms with van der Waals surface area (Å²) >= 11 is 0. The topological polar surface area (TPSA) is 84.9 Å². The van der Waals surface area contributed by atoms with Crippen LogP contribution >= 0.6 is 0 Å². The quantitative estimate of drug-likeness (QED) is 0.723. The molecule has 1 saturated carbocycles. The summed E-state index contributed by atoms with van der Waals surface area (Å²) < 4.78 is 10.2. The highest BCUT2D eigenvalue weighted by Crippen LogP contribution is 2.49. The summed E-state index contributed by atoms with van der Waals surface area (Å²) in [7, 11) is 1.64. The zero-order valence-electron chi connectivity index (χ0n) is 12.6. The smallest absolute Gasteiger partial charge is 0.341 e. The van der Waals surface area contributed by atoms with Gasteiger partial charge in [-0.1, -0.05) is 12.1 Å². The number of carbonyl (C=O) groups is 2. The Kier molecular flexibility index (Phi) is 5.38. The average Bonchev–Trinajstić information content (AvgIpc) is 3.30. The van der Waals surface area contributed by atoms with E-state index in [1.807, 2.05) is 6.07 Å². The maximum absolute atomic E-state index is 12.2. The molecule has 0 atom stereocenters. The number of carboxylic acid groups (broad SMARTS) is 1. The van der Waals surface area contributed by atoms with Gasteiger partial charge < -0.3 is 19.9 Å². The van der Waals surface area contributed by atoms with E-state index in [9.17, 15) is 9.59 Å². The van der Waals surface area contributed by atoms with E-state index in [0.717, 1.165) is 24.8 Å². The number of rotatable bonds is 9. The normalized spacial score (nSPS) is 15.1. The number of carbonyl (C=O) groups excluding carboxylic acids is 1. The third kappa shape index (κ3) is 4.46. The molecule has 2 rings (SSSR count). The highest BCUT2D eigenvalue weighted by atomic mass is 16.5. The fraction of sp³-hybridized carbons (Fsp3) is 0.500. The van der Waals surface area contributed by atoms with E-state index in [1.54, 1.807) is 25.3 Å². The molecular weight excluding hydrogens is 286 g/mol. The number of carboxylic acids is 1. The monoisotopic (exact) mass is 307 g/mol. The Bertz CT molecular complexity index is 539. The number of hydrogen-bond donors (Lipinski definition) is 2. The van der Waals surface area contributed by atoms with E-state index >= 15 is 0 Å². The van der Waals surface area contributed by atoms with Gasteiger partial charge >= 0.3 is 5.97 Å². The molecule has 0 saturated heterocycles. The molecule has 0 spiro atoms. The molecule has 0 radical (unpaired) electrons. The molecule has 1 aromatic carbocycles. The summed E-state index contributed by atoms with van der Waals surface area (Å²) in [6, 6.07) is 7.06. The largest absolute Gasteiger partial charge is 0.482 e. The fourth-order valence-electron chi connectivity index (χ4n) is 2.30. The molecule has 6 heteroatoms. The Hall–Kier alpha value is -2.08. The number of benzene rings is 1. The van der Waals surface area contributed by atoms with Crippen LogP contribution in [0.1, 0.15) is 24.8 Å². The van der Waals surface area contributed by atoms with E-state index in [-0.39, 0.29) is 17.9 Å². The highest BCUT2D eigenvalue weighted by molar-refractivity contribution is 5.85. The molecule has 0 aliphatic heterocycles. The standard InChI is InChI=1S/C16H21NO5/c1-21-8-7-16(5-6-16)15(20)17-10-12-3-2-4-13(9-12)22-11-14(18)19/h2-4,9H,5-8,10-11H2,1H3,(H,17,20)(H,18,19). The minimum Gasteiger partial charge on any atom is -0.482 e.